The van der Waals surface area contributed by atoms with Crippen LogP contribution in [0.1, 0.15) is 16.7 Å². The van der Waals surface area contributed by atoms with E-state index in [4.69, 9.17) is 4.28 Å². The second-order valence-corrected chi connectivity index (χ2v) is 8.76. The van der Waals surface area contributed by atoms with Crippen LogP contribution in [0.2, 0.25) is 0 Å². The quantitative estimate of drug-likeness (QED) is 0.604. The summed E-state index contributed by atoms with van der Waals surface area (Å²) in [6.07, 6.45) is 3.56. The lowest BCUT2D eigenvalue weighted by molar-refractivity contribution is 0.208. The molecule has 0 radical (unpaired) electrons. The highest BCUT2D eigenvalue weighted by atomic mass is 32.2. The van der Waals surface area contributed by atoms with Crippen LogP contribution in [0.4, 0.5) is 0 Å². The van der Waals surface area contributed by atoms with Gasteiger partial charge in [0.2, 0.25) is 0 Å². The van der Waals surface area contributed by atoms with Gasteiger partial charge in [0.15, 0.2) is 0 Å². The minimum atomic E-state index is -3.91. The monoisotopic (exact) mass is 398 g/mol. The van der Waals surface area contributed by atoms with Gasteiger partial charge in [-0.2, -0.15) is 23.4 Å². The molecular weight excluding hydrogens is 380 g/mol. The summed E-state index contributed by atoms with van der Waals surface area (Å²) in [5, 5.41) is 9.17. The molecule has 2 aromatic rings. The van der Waals surface area contributed by atoms with Crippen molar-refractivity contribution in [1.29, 1.82) is 5.26 Å². The third-order valence-corrected chi connectivity index (χ3v) is 6.30. The molecule has 1 unspecified atom stereocenters. The molecule has 0 bridgehead atoms. The number of nitriles is 1. The highest BCUT2D eigenvalue weighted by Gasteiger charge is 2.22. The lowest BCUT2D eigenvalue weighted by Crippen LogP contribution is -2.26. The van der Waals surface area contributed by atoms with E-state index >= 15 is 0 Å². The molecule has 0 amide bonds. The van der Waals surface area contributed by atoms with Crippen LogP contribution >= 0.6 is 11.8 Å². The van der Waals surface area contributed by atoms with Gasteiger partial charge in [-0.3, -0.25) is 0 Å². The summed E-state index contributed by atoms with van der Waals surface area (Å²) in [6.45, 7) is 3.83. The molecule has 0 fully saturated rings. The van der Waals surface area contributed by atoms with E-state index in [0.29, 0.717) is 5.57 Å². The van der Waals surface area contributed by atoms with Crippen molar-refractivity contribution in [3.63, 3.8) is 0 Å². The molecule has 0 aromatic heterocycles. The van der Waals surface area contributed by atoms with Gasteiger partial charge in [0.05, 0.1) is 10.5 Å². The van der Waals surface area contributed by atoms with Gasteiger partial charge >= 0.3 is 10.1 Å². The Kier molecular flexibility index (Phi) is 5.82. The Morgan fingerprint density at radius 2 is 1.85 bits per heavy atom. The molecule has 0 spiro atoms. The van der Waals surface area contributed by atoms with Crippen molar-refractivity contribution in [2.45, 2.75) is 24.1 Å². The summed E-state index contributed by atoms with van der Waals surface area (Å²) in [5.74, 6) is 0. The first-order valence-corrected chi connectivity index (χ1v) is 10.5. The molecule has 5 nitrogen and oxygen atoms in total. The third kappa shape index (κ3) is 4.49. The van der Waals surface area contributed by atoms with Crippen LogP contribution in [0, 0.1) is 25.2 Å². The average Bonchev–Trinajstić information content (AvgIpc) is 3.11. The fraction of sp³-hybridized carbons (Fsp3) is 0.150. The number of rotatable bonds is 5. The minimum Gasteiger partial charge on any atom is -0.192 e. The Balaban J connectivity index is 1.72. The molecule has 0 saturated heterocycles. The molecule has 1 atom stereocenters. The Labute approximate surface area is 163 Å². The van der Waals surface area contributed by atoms with Gasteiger partial charge in [-0.25, -0.2) is 0 Å². The zero-order valence-corrected chi connectivity index (χ0v) is 16.5. The van der Waals surface area contributed by atoms with E-state index < -0.39 is 15.5 Å². The van der Waals surface area contributed by atoms with E-state index in [9.17, 15) is 13.7 Å². The van der Waals surface area contributed by atoms with Gasteiger partial charge in [0.1, 0.15) is 11.4 Å². The highest BCUT2D eigenvalue weighted by molar-refractivity contribution is 8.04. The molecular formula is C20H18N2O3S2. The van der Waals surface area contributed by atoms with Crippen LogP contribution in [0.5, 0.6) is 0 Å². The smallest absolute Gasteiger partial charge is 0.192 e. The van der Waals surface area contributed by atoms with E-state index in [1.165, 1.54) is 23.9 Å². The molecule has 138 valence electrons. The largest absolute Gasteiger partial charge is 0.312 e. The molecule has 2 aromatic carbocycles. The molecule has 1 heterocycles. The molecule has 1 aliphatic heterocycles. The van der Waals surface area contributed by atoms with Gasteiger partial charge in [-0.1, -0.05) is 59.8 Å². The summed E-state index contributed by atoms with van der Waals surface area (Å²) in [6, 6.07) is 16.3. The molecule has 0 saturated carbocycles. The Hall–Kier alpha value is -2.37. The van der Waals surface area contributed by atoms with Crippen molar-refractivity contribution < 1.29 is 12.7 Å². The molecule has 27 heavy (non-hydrogen) atoms. The fourth-order valence-corrected chi connectivity index (χ4v) is 4.38. The number of nitrogens with one attached hydrogen (secondary N) is 1. The van der Waals surface area contributed by atoms with Crippen LogP contribution in [0.15, 0.2) is 70.5 Å². The van der Waals surface area contributed by atoms with E-state index in [0.717, 1.165) is 21.6 Å². The second kappa shape index (κ2) is 8.11. The van der Waals surface area contributed by atoms with E-state index in [-0.39, 0.29) is 4.90 Å². The first-order chi connectivity index (χ1) is 12.9. The van der Waals surface area contributed by atoms with Gasteiger partial charge in [-0.05, 0) is 43.2 Å². The van der Waals surface area contributed by atoms with Crippen LogP contribution in [0.3, 0.4) is 0 Å². The predicted molar refractivity (Wildman–Crippen MR) is 107 cm³/mol. The number of benzene rings is 2. The SMILES string of the molecule is Cc1ccc(S(=O)(=O)ONC2C=CC(=C(C#N)c3ccccc3C)S2)cc1. The normalized spacial score (nSPS) is 18.3. The highest BCUT2D eigenvalue weighted by Crippen LogP contribution is 2.36. The Morgan fingerprint density at radius 3 is 2.52 bits per heavy atom. The lowest BCUT2D eigenvalue weighted by atomic mass is 10.0. The maximum Gasteiger partial charge on any atom is 0.312 e. The zero-order chi connectivity index (χ0) is 19.4. The maximum absolute atomic E-state index is 12.3. The molecule has 1 N–H and O–H groups in total. The van der Waals surface area contributed by atoms with Crippen LogP contribution in [-0.4, -0.2) is 13.8 Å². The third-order valence-electron chi connectivity index (χ3n) is 4.03. The Morgan fingerprint density at radius 1 is 1.15 bits per heavy atom. The zero-order valence-electron chi connectivity index (χ0n) is 14.8. The van der Waals surface area contributed by atoms with Gasteiger partial charge in [-0.15, -0.1) is 0 Å². The number of thioether (sulfide) groups is 1. The summed E-state index contributed by atoms with van der Waals surface area (Å²) >= 11 is 1.33. The fourth-order valence-electron chi connectivity index (χ4n) is 2.56. The van der Waals surface area contributed by atoms with Crippen molar-refractivity contribution in [2.24, 2.45) is 0 Å². The van der Waals surface area contributed by atoms with Crippen molar-refractivity contribution in [3.8, 4) is 6.07 Å². The van der Waals surface area contributed by atoms with E-state index in [1.54, 1.807) is 24.3 Å². The summed E-state index contributed by atoms with van der Waals surface area (Å²) in [5.41, 5.74) is 5.94. The van der Waals surface area contributed by atoms with Crippen molar-refractivity contribution in [1.82, 2.24) is 5.48 Å². The number of hydrogen-bond donors (Lipinski definition) is 1. The number of hydrogen-bond acceptors (Lipinski definition) is 6. The van der Waals surface area contributed by atoms with Crippen molar-refractivity contribution in [3.05, 3.63) is 82.3 Å². The van der Waals surface area contributed by atoms with Gasteiger partial charge < -0.3 is 0 Å². The summed E-state index contributed by atoms with van der Waals surface area (Å²) < 4.78 is 29.5. The summed E-state index contributed by atoms with van der Waals surface area (Å²) in [7, 11) is -3.91. The topological polar surface area (TPSA) is 79.2 Å². The Bertz CT molecular complexity index is 1050. The van der Waals surface area contributed by atoms with Crippen molar-refractivity contribution >= 4 is 27.5 Å². The maximum atomic E-state index is 12.3. The molecule has 0 aliphatic carbocycles. The van der Waals surface area contributed by atoms with E-state index in [1.807, 2.05) is 38.1 Å². The predicted octanol–water partition coefficient (Wildman–Crippen LogP) is 4.08. The average molecular weight is 399 g/mol. The number of aryl methyl sites for hydroxylation is 2. The van der Waals surface area contributed by atoms with Crippen LogP contribution in [0.25, 0.3) is 5.57 Å². The van der Waals surface area contributed by atoms with Crippen LogP contribution in [-0.2, 0) is 14.4 Å². The summed E-state index contributed by atoms with van der Waals surface area (Å²) in [4.78, 5) is 0.849. The molecule has 3 rings (SSSR count). The van der Waals surface area contributed by atoms with Gasteiger partial charge in [0, 0.05) is 4.91 Å². The van der Waals surface area contributed by atoms with Crippen molar-refractivity contribution in [2.75, 3.05) is 0 Å². The molecule has 1 aliphatic rings. The van der Waals surface area contributed by atoms with Gasteiger partial charge in [0.25, 0.3) is 0 Å². The van der Waals surface area contributed by atoms with E-state index in [2.05, 4.69) is 11.5 Å². The molecule has 7 heteroatoms. The number of allylic oxidation sites excluding steroid dienone is 2. The number of nitrogens with zero attached hydrogens (tertiary/aromatic N) is 1. The first-order valence-electron chi connectivity index (χ1n) is 8.21. The van der Waals surface area contributed by atoms with Crippen LogP contribution < -0.4 is 5.48 Å². The second-order valence-electron chi connectivity index (χ2n) is 6.03. The number of hydroxylamine groups is 1. The first kappa shape index (κ1) is 19.4. The minimum absolute atomic E-state index is 0.0842. The lowest BCUT2D eigenvalue weighted by Gasteiger charge is -2.12. The standard InChI is InChI=1S/C20H18N2O3S2/c1-14-7-9-16(10-8-14)27(23,24)25-22-20-12-11-19(26-20)18(13-21)17-6-4-3-5-15(17)2/h3-12,20,22H,1-2H3.